The van der Waals surface area contributed by atoms with Crippen molar-refractivity contribution in [2.24, 2.45) is 0 Å². The summed E-state index contributed by atoms with van der Waals surface area (Å²) in [5.41, 5.74) is -0.367. The summed E-state index contributed by atoms with van der Waals surface area (Å²) in [7, 11) is 0. The predicted octanol–water partition coefficient (Wildman–Crippen LogP) is 0.533. The van der Waals surface area contributed by atoms with Crippen LogP contribution in [0.2, 0.25) is 0 Å². The van der Waals surface area contributed by atoms with Gasteiger partial charge in [-0.3, -0.25) is 4.79 Å². The highest BCUT2D eigenvalue weighted by molar-refractivity contribution is 9.11. The van der Waals surface area contributed by atoms with Gasteiger partial charge >= 0.3 is 4.60 Å². The molecular formula is C4H2Br2N2O2. The van der Waals surface area contributed by atoms with Crippen molar-refractivity contribution in [2.75, 3.05) is 0 Å². The Kier molecular flexibility index (Phi) is 2.10. The minimum atomic E-state index is -0.367. The Labute approximate surface area is 72.7 Å². The molecule has 10 heavy (non-hydrogen) atoms. The lowest BCUT2D eigenvalue weighted by atomic mass is 10.6. The molecular weight excluding hydrogens is 268 g/mol. The maximum atomic E-state index is 10.9. The van der Waals surface area contributed by atoms with Crippen LogP contribution >= 0.6 is 31.9 Å². The minimum absolute atomic E-state index is 0.0538. The lowest BCUT2D eigenvalue weighted by Gasteiger charge is -1.95. The molecule has 1 aromatic rings. The van der Waals surface area contributed by atoms with Crippen LogP contribution in [0.15, 0.2) is 20.1 Å². The minimum Gasteiger partial charge on any atom is -0.595 e. The van der Waals surface area contributed by atoms with Gasteiger partial charge in [0.15, 0.2) is 0 Å². The summed E-state index contributed by atoms with van der Waals surface area (Å²) >= 11 is 5.76. The molecule has 0 aliphatic carbocycles. The van der Waals surface area contributed by atoms with Gasteiger partial charge in [0.05, 0.1) is 10.7 Å². The fourth-order valence-electron chi connectivity index (χ4n) is 0.428. The quantitative estimate of drug-likeness (QED) is 0.552. The molecule has 54 valence electrons. The SMILES string of the molecule is O=c1c(Br)c[nH][n+]([O-])c1Br. The second kappa shape index (κ2) is 2.71. The van der Waals surface area contributed by atoms with Crippen molar-refractivity contribution in [3.05, 3.63) is 30.7 Å². The first-order chi connectivity index (χ1) is 4.63. The molecule has 0 radical (unpaired) electrons. The van der Waals surface area contributed by atoms with Crippen LogP contribution in [0, 0.1) is 5.21 Å². The maximum absolute atomic E-state index is 10.9. The van der Waals surface area contributed by atoms with Gasteiger partial charge in [-0.25, -0.2) is 0 Å². The van der Waals surface area contributed by atoms with Crippen molar-refractivity contribution in [3.63, 3.8) is 0 Å². The molecule has 0 spiro atoms. The summed E-state index contributed by atoms with van der Waals surface area (Å²) in [4.78, 5) is 11.2. The zero-order chi connectivity index (χ0) is 7.72. The third kappa shape index (κ3) is 1.22. The number of aromatic nitrogens is 2. The highest BCUT2D eigenvalue weighted by atomic mass is 79.9. The van der Waals surface area contributed by atoms with E-state index in [0.29, 0.717) is 9.32 Å². The Morgan fingerprint density at radius 2 is 2.20 bits per heavy atom. The molecule has 1 heterocycles. The number of H-pyrrole nitrogens is 1. The number of rotatable bonds is 0. The van der Waals surface area contributed by atoms with Gasteiger partial charge in [-0.2, -0.15) is 5.10 Å². The van der Waals surface area contributed by atoms with Crippen LogP contribution in [0.4, 0.5) is 0 Å². The zero-order valence-electron chi connectivity index (χ0n) is 4.60. The van der Waals surface area contributed by atoms with E-state index in [-0.39, 0.29) is 10.0 Å². The zero-order valence-corrected chi connectivity index (χ0v) is 7.77. The van der Waals surface area contributed by atoms with Crippen molar-refractivity contribution in [3.8, 4) is 0 Å². The van der Waals surface area contributed by atoms with Crippen LogP contribution in [-0.2, 0) is 0 Å². The highest BCUT2D eigenvalue weighted by Gasteiger charge is 2.08. The average molecular weight is 270 g/mol. The van der Waals surface area contributed by atoms with Crippen molar-refractivity contribution in [1.82, 2.24) is 5.10 Å². The van der Waals surface area contributed by atoms with Gasteiger partial charge in [0, 0.05) is 15.9 Å². The molecule has 1 N–H and O–H groups in total. The summed E-state index contributed by atoms with van der Waals surface area (Å²) in [5.74, 6) is 0. The van der Waals surface area contributed by atoms with Crippen molar-refractivity contribution in [2.45, 2.75) is 0 Å². The van der Waals surface area contributed by atoms with Crippen LogP contribution in [0.5, 0.6) is 0 Å². The smallest absolute Gasteiger partial charge is 0.332 e. The summed E-state index contributed by atoms with van der Waals surface area (Å²) in [6.45, 7) is 0. The molecule has 0 atom stereocenters. The molecule has 6 heteroatoms. The van der Waals surface area contributed by atoms with Crippen LogP contribution in [0.1, 0.15) is 0 Å². The van der Waals surface area contributed by atoms with Crippen molar-refractivity contribution in [1.29, 1.82) is 0 Å². The van der Waals surface area contributed by atoms with Gasteiger partial charge in [-0.1, -0.05) is 4.85 Å². The molecule has 0 saturated carbocycles. The standard InChI is InChI=1S/C4H2Br2N2O2/c5-2-1-7-8(10)4(6)3(2)9/h1,7H. The third-order valence-electron chi connectivity index (χ3n) is 0.891. The molecule has 0 aliphatic rings. The van der Waals surface area contributed by atoms with Gasteiger partial charge in [-0.15, -0.1) is 0 Å². The molecule has 4 nitrogen and oxygen atoms in total. The fraction of sp³-hybridized carbons (Fsp3) is 0. The van der Waals surface area contributed by atoms with E-state index >= 15 is 0 Å². The average Bonchev–Trinajstić information content (AvgIpc) is 1.93. The van der Waals surface area contributed by atoms with E-state index in [9.17, 15) is 10.0 Å². The molecule has 0 amide bonds. The Hall–Kier alpha value is -0.360. The van der Waals surface area contributed by atoms with E-state index < -0.39 is 0 Å². The first kappa shape index (κ1) is 7.74. The largest absolute Gasteiger partial charge is 0.595 e. The van der Waals surface area contributed by atoms with Gasteiger partial charge in [0.2, 0.25) is 0 Å². The third-order valence-corrected chi connectivity index (χ3v) is 2.16. The van der Waals surface area contributed by atoms with E-state index in [4.69, 9.17) is 0 Å². The van der Waals surface area contributed by atoms with E-state index in [1.165, 1.54) is 6.20 Å². The molecule has 0 unspecified atom stereocenters. The van der Waals surface area contributed by atoms with Crippen molar-refractivity contribution >= 4 is 31.9 Å². The van der Waals surface area contributed by atoms with E-state index in [1.807, 2.05) is 0 Å². The van der Waals surface area contributed by atoms with E-state index in [1.54, 1.807) is 0 Å². The summed E-state index contributed by atoms with van der Waals surface area (Å²) in [6.07, 6.45) is 1.28. The molecule has 0 saturated heterocycles. The summed E-state index contributed by atoms with van der Waals surface area (Å²) < 4.78 is 0.272. The number of hydrogen-bond acceptors (Lipinski definition) is 2. The Morgan fingerprint density at radius 3 is 2.70 bits per heavy atom. The first-order valence-corrected chi connectivity index (χ1v) is 3.88. The van der Waals surface area contributed by atoms with Crippen LogP contribution in [-0.4, -0.2) is 5.10 Å². The first-order valence-electron chi connectivity index (χ1n) is 2.29. The lowest BCUT2D eigenvalue weighted by Crippen LogP contribution is -2.37. The second-order valence-corrected chi connectivity index (χ2v) is 3.14. The normalized spacial score (nSPS) is 9.80. The number of halogens is 2. The van der Waals surface area contributed by atoms with E-state index in [2.05, 4.69) is 37.0 Å². The fourth-order valence-corrected chi connectivity index (χ4v) is 1.30. The monoisotopic (exact) mass is 268 g/mol. The lowest BCUT2D eigenvalue weighted by molar-refractivity contribution is -0.681. The van der Waals surface area contributed by atoms with Crippen LogP contribution in [0.25, 0.3) is 0 Å². The van der Waals surface area contributed by atoms with Gasteiger partial charge in [-0.05, 0) is 15.9 Å². The molecule has 1 aromatic heterocycles. The van der Waals surface area contributed by atoms with Crippen LogP contribution in [0.3, 0.4) is 0 Å². The Bertz CT molecular complexity index is 309. The van der Waals surface area contributed by atoms with Gasteiger partial charge in [0.1, 0.15) is 0 Å². The molecule has 0 bridgehead atoms. The molecule has 1 rings (SSSR count). The number of nitrogens with one attached hydrogen (secondary N) is 1. The molecule has 0 fully saturated rings. The number of hydrogen-bond donors (Lipinski definition) is 1. The second-order valence-electron chi connectivity index (χ2n) is 1.54. The molecule has 0 aromatic carbocycles. The molecule has 0 aliphatic heterocycles. The number of aromatic amines is 1. The Balaban J connectivity index is 3.50. The van der Waals surface area contributed by atoms with Crippen molar-refractivity contribution < 1.29 is 4.85 Å². The van der Waals surface area contributed by atoms with Gasteiger partial charge in [0.25, 0.3) is 5.43 Å². The Morgan fingerprint density at radius 1 is 1.60 bits per heavy atom. The summed E-state index contributed by atoms with van der Waals surface area (Å²) in [6, 6.07) is 0. The highest BCUT2D eigenvalue weighted by Crippen LogP contribution is 2.01. The number of nitrogens with zero attached hydrogens (tertiary/aromatic N) is 1. The topological polar surface area (TPSA) is 59.8 Å². The maximum Gasteiger partial charge on any atom is 0.332 e. The van der Waals surface area contributed by atoms with Gasteiger partial charge < -0.3 is 5.21 Å². The summed E-state index contributed by atoms with van der Waals surface area (Å²) in [5, 5.41) is 12.9. The van der Waals surface area contributed by atoms with Crippen LogP contribution < -0.4 is 10.3 Å². The predicted molar refractivity (Wildman–Crippen MR) is 41.4 cm³/mol. The van der Waals surface area contributed by atoms with E-state index in [0.717, 1.165) is 0 Å².